The van der Waals surface area contributed by atoms with Gasteiger partial charge in [-0.3, -0.25) is 0 Å². The average molecular weight is 404 g/mol. The Morgan fingerprint density at radius 2 is 1.07 bits per heavy atom. The molecule has 27 heavy (non-hydrogen) atoms. The molecule has 1 fully saturated rings. The SMILES string of the molecule is CCCCCCCCCCCCCCCCCC[S+]1C[C@@H](O)[C@H](O)[C@H]1CO. The molecule has 0 bridgehead atoms. The quantitative estimate of drug-likeness (QED) is 0.224. The summed E-state index contributed by atoms with van der Waals surface area (Å²) in [4.78, 5) is 0. The number of hydrogen-bond acceptors (Lipinski definition) is 3. The van der Waals surface area contributed by atoms with Gasteiger partial charge >= 0.3 is 0 Å². The highest BCUT2D eigenvalue weighted by molar-refractivity contribution is 7.97. The fourth-order valence-electron chi connectivity index (χ4n) is 4.17. The van der Waals surface area contributed by atoms with Gasteiger partial charge in [-0.25, -0.2) is 0 Å². The van der Waals surface area contributed by atoms with Crippen molar-refractivity contribution in [1.29, 1.82) is 0 Å². The van der Waals surface area contributed by atoms with Gasteiger partial charge in [0.25, 0.3) is 0 Å². The first-order valence-electron chi connectivity index (χ1n) is 11.8. The van der Waals surface area contributed by atoms with Crippen molar-refractivity contribution in [3.63, 3.8) is 0 Å². The molecule has 4 atom stereocenters. The largest absolute Gasteiger partial charge is 0.391 e. The van der Waals surface area contributed by atoms with Gasteiger partial charge in [0, 0.05) is 0 Å². The van der Waals surface area contributed by atoms with E-state index in [0.29, 0.717) is 5.75 Å². The van der Waals surface area contributed by atoms with Crippen LogP contribution in [0.4, 0.5) is 0 Å². The van der Waals surface area contributed by atoms with Crippen LogP contribution in [0.3, 0.4) is 0 Å². The molecule has 0 aromatic carbocycles. The van der Waals surface area contributed by atoms with Crippen LogP contribution < -0.4 is 0 Å². The first-order chi connectivity index (χ1) is 13.2. The predicted molar refractivity (Wildman–Crippen MR) is 120 cm³/mol. The lowest BCUT2D eigenvalue weighted by Gasteiger charge is -2.11. The molecule has 1 saturated heterocycles. The van der Waals surface area contributed by atoms with Crippen molar-refractivity contribution in [1.82, 2.24) is 0 Å². The van der Waals surface area contributed by atoms with Crippen molar-refractivity contribution >= 4 is 10.9 Å². The Labute approximate surface area is 171 Å². The molecule has 0 spiro atoms. The molecule has 1 aliphatic rings. The molecule has 0 aromatic heterocycles. The molecule has 0 radical (unpaired) electrons. The van der Waals surface area contributed by atoms with E-state index < -0.39 is 12.2 Å². The van der Waals surface area contributed by atoms with Crippen LogP contribution in [0.5, 0.6) is 0 Å². The molecule has 1 heterocycles. The van der Waals surface area contributed by atoms with E-state index in [0.717, 1.165) is 5.75 Å². The fraction of sp³-hybridized carbons (Fsp3) is 1.00. The molecule has 1 rings (SSSR count). The third-order valence-corrected chi connectivity index (χ3v) is 8.90. The number of rotatable bonds is 18. The highest BCUT2D eigenvalue weighted by Crippen LogP contribution is 2.25. The third-order valence-electron chi connectivity index (χ3n) is 6.03. The maximum atomic E-state index is 9.86. The summed E-state index contributed by atoms with van der Waals surface area (Å²) in [5.74, 6) is 1.75. The minimum Gasteiger partial charge on any atom is -0.391 e. The normalized spacial score (nSPS) is 25.3. The standard InChI is InChI=1S/C23H47O3S/c1-2-3-4-5-6-7-8-9-10-11-12-13-14-15-16-17-18-27-20-21(25)23(26)22(27)19-24/h21-26H,2-20H2,1H3/q+1/t21-,22-,23+,27?/m1/s1. The second kappa shape index (κ2) is 17.1. The van der Waals surface area contributed by atoms with Crippen LogP contribution in [-0.2, 0) is 10.9 Å². The molecule has 1 aliphatic heterocycles. The van der Waals surface area contributed by atoms with Crippen LogP contribution in [0.2, 0.25) is 0 Å². The summed E-state index contributed by atoms with van der Waals surface area (Å²) < 4.78 is 0. The molecular formula is C23H47O3S+. The van der Waals surface area contributed by atoms with Gasteiger partial charge in [-0.05, 0) is 23.7 Å². The maximum absolute atomic E-state index is 9.86. The van der Waals surface area contributed by atoms with Crippen LogP contribution in [0.1, 0.15) is 110 Å². The van der Waals surface area contributed by atoms with Gasteiger partial charge in [0.2, 0.25) is 0 Å². The Balaban J connectivity index is 1.79. The van der Waals surface area contributed by atoms with E-state index in [9.17, 15) is 15.3 Å². The van der Waals surface area contributed by atoms with Gasteiger partial charge in [-0.2, -0.15) is 0 Å². The smallest absolute Gasteiger partial charge is 0.169 e. The van der Waals surface area contributed by atoms with E-state index in [1.54, 1.807) is 0 Å². The Hall–Kier alpha value is 0.230. The molecular weight excluding hydrogens is 356 g/mol. The molecule has 4 heteroatoms. The van der Waals surface area contributed by atoms with E-state index in [1.165, 1.54) is 103 Å². The Morgan fingerprint density at radius 1 is 0.667 bits per heavy atom. The summed E-state index contributed by atoms with van der Waals surface area (Å²) in [6.07, 6.45) is 20.7. The number of unbranched alkanes of at least 4 members (excludes halogenated alkanes) is 15. The predicted octanol–water partition coefficient (Wildman–Crippen LogP) is 4.96. The fourth-order valence-corrected chi connectivity index (χ4v) is 6.88. The van der Waals surface area contributed by atoms with Crippen LogP contribution in [0.15, 0.2) is 0 Å². The van der Waals surface area contributed by atoms with Crippen LogP contribution in [0, 0.1) is 0 Å². The first kappa shape index (κ1) is 25.3. The van der Waals surface area contributed by atoms with Crippen molar-refractivity contribution in [2.75, 3.05) is 18.1 Å². The van der Waals surface area contributed by atoms with Gasteiger partial charge in [-0.15, -0.1) is 0 Å². The minimum absolute atomic E-state index is 0.00732. The van der Waals surface area contributed by atoms with Crippen LogP contribution >= 0.6 is 0 Å². The Bertz CT molecular complexity index is 327. The highest BCUT2D eigenvalue weighted by atomic mass is 32.2. The Kier molecular flexibility index (Phi) is 16.0. The average Bonchev–Trinajstić information content (AvgIpc) is 2.94. The topological polar surface area (TPSA) is 60.7 Å². The summed E-state index contributed by atoms with van der Waals surface area (Å²) in [5.41, 5.74) is 0. The zero-order chi connectivity index (χ0) is 19.7. The summed E-state index contributed by atoms with van der Waals surface area (Å²) in [7, 11) is 0.00732. The zero-order valence-corrected chi connectivity index (χ0v) is 18.7. The molecule has 0 saturated carbocycles. The Morgan fingerprint density at radius 3 is 1.48 bits per heavy atom. The van der Waals surface area contributed by atoms with E-state index in [1.807, 2.05) is 0 Å². The lowest BCUT2D eigenvalue weighted by molar-refractivity contribution is 0.0325. The summed E-state index contributed by atoms with van der Waals surface area (Å²) in [6, 6.07) is 0. The summed E-state index contributed by atoms with van der Waals surface area (Å²) in [6.45, 7) is 2.29. The zero-order valence-electron chi connectivity index (χ0n) is 17.9. The molecule has 0 aromatic rings. The monoisotopic (exact) mass is 403 g/mol. The van der Waals surface area contributed by atoms with Crippen LogP contribution in [-0.4, -0.2) is 50.9 Å². The van der Waals surface area contributed by atoms with Gasteiger partial charge < -0.3 is 15.3 Å². The summed E-state index contributed by atoms with van der Waals surface area (Å²) in [5, 5.41) is 28.9. The molecule has 3 nitrogen and oxygen atoms in total. The first-order valence-corrected chi connectivity index (χ1v) is 13.5. The van der Waals surface area contributed by atoms with E-state index in [2.05, 4.69) is 6.92 Å². The van der Waals surface area contributed by atoms with Crippen molar-refractivity contribution in [2.24, 2.45) is 0 Å². The minimum atomic E-state index is -0.709. The van der Waals surface area contributed by atoms with Gasteiger partial charge in [0.15, 0.2) is 5.25 Å². The molecule has 162 valence electrons. The molecule has 0 amide bonds. The van der Waals surface area contributed by atoms with E-state index >= 15 is 0 Å². The highest BCUT2D eigenvalue weighted by Gasteiger charge is 2.48. The molecule has 0 aliphatic carbocycles. The number of hydrogen-bond donors (Lipinski definition) is 3. The van der Waals surface area contributed by atoms with Crippen molar-refractivity contribution < 1.29 is 15.3 Å². The van der Waals surface area contributed by atoms with Gasteiger partial charge in [0.1, 0.15) is 23.7 Å². The molecule has 3 N–H and O–H groups in total. The van der Waals surface area contributed by atoms with Crippen molar-refractivity contribution in [3.8, 4) is 0 Å². The van der Waals surface area contributed by atoms with Crippen molar-refractivity contribution in [2.45, 2.75) is 127 Å². The molecule has 1 unspecified atom stereocenters. The number of aliphatic hydroxyl groups excluding tert-OH is 3. The van der Waals surface area contributed by atoms with Crippen LogP contribution in [0.25, 0.3) is 0 Å². The maximum Gasteiger partial charge on any atom is 0.169 e. The summed E-state index contributed by atoms with van der Waals surface area (Å²) >= 11 is 0. The third kappa shape index (κ3) is 11.7. The second-order valence-electron chi connectivity index (χ2n) is 8.49. The lowest BCUT2D eigenvalue weighted by Crippen LogP contribution is -2.34. The second-order valence-corrected chi connectivity index (χ2v) is 10.9. The lowest BCUT2D eigenvalue weighted by atomic mass is 10.0. The van der Waals surface area contributed by atoms with Gasteiger partial charge in [0.05, 0.1) is 6.61 Å². The van der Waals surface area contributed by atoms with E-state index in [4.69, 9.17) is 0 Å². The van der Waals surface area contributed by atoms with Gasteiger partial charge in [-0.1, -0.05) is 96.8 Å². The van der Waals surface area contributed by atoms with E-state index in [-0.39, 0.29) is 22.8 Å². The van der Waals surface area contributed by atoms with Crippen molar-refractivity contribution in [3.05, 3.63) is 0 Å². The number of aliphatic hydroxyl groups is 3.